The van der Waals surface area contributed by atoms with Gasteiger partial charge in [-0.05, 0) is 62.2 Å². The molecular formula is C24H26BrN3O5S. The van der Waals surface area contributed by atoms with Crippen LogP contribution in [0.4, 0.5) is 0 Å². The monoisotopic (exact) mass is 547 g/mol. The fourth-order valence-electron chi connectivity index (χ4n) is 3.12. The highest BCUT2D eigenvalue weighted by Crippen LogP contribution is 2.32. The number of carbonyl (C=O) groups excluding carboxylic acids is 1. The Balaban J connectivity index is 1.70. The van der Waals surface area contributed by atoms with Crippen LogP contribution in [0.2, 0.25) is 0 Å². The van der Waals surface area contributed by atoms with E-state index in [1.54, 1.807) is 38.1 Å². The Labute approximate surface area is 210 Å². The largest absolute Gasteiger partial charge is 0.480 e. The molecule has 0 bridgehead atoms. The lowest BCUT2D eigenvalue weighted by molar-refractivity contribution is -0.138. The molecule has 1 aromatic heterocycles. The first-order valence-corrected chi connectivity index (χ1v) is 12.3. The van der Waals surface area contributed by atoms with Gasteiger partial charge in [-0.25, -0.2) is 14.3 Å². The predicted molar refractivity (Wildman–Crippen MR) is 133 cm³/mol. The van der Waals surface area contributed by atoms with Gasteiger partial charge >= 0.3 is 17.6 Å². The van der Waals surface area contributed by atoms with Crippen LogP contribution in [-0.2, 0) is 29.2 Å². The summed E-state index contributed by atoms with van der Waals surface area (Å²) in [5, 5.41) is 13.7. The number of hydrogen-bond donors (Lipinski definition) is 1. The Kier molecular flexibility index (Phi) is 8.37. The van der Waals surface area contributed by atoms with E-state index in [1.807, 2.05) is 31.2 Å². The lowest BCUT2D eigenvalue weighted by Gasteiger charge is -2.18. The summed E-state index contributed by atoms with van der Waals surface area (Å²) in [6.45, 7) is 5.85. The minimum atomic E-state index is -0.986. The van der Waals surface area contributed by atoms with E-state index in [0.717, 1.165) is 21.4 Å². The molecule has 3 aromatic rings. The fraction of sp³-hybridized carbons (Fsp3) is 0.333. The number of nitrogens with zero attached hydrogens (tertiary/aromatic N) is 3. The number of ether oxygens (including phenoxy) is 1. The number of thioether (sulfide) groups is 1. The van der Waals surface area contributed by atoms with E-state index in [-0.39, 0.29) is 12.3 Å². The van der Waals surface area contributed by atoms with Crippen LogP contribution < -0.4 is 5.69 Å². The van der Waals surface area contributed by atoms with E-state index in [9.17, 15) is 19.5 Å². The van der Waals surface area contributed by atoms with Crippen molar-refractivity contribution in [1.82, 2.24) is 14.3 Å². The minimum Gasteiger partial charge on any atom is -0.480 e. The Bertz CT molecular complexity index is 1220. The number of aliphatic carboxylic acids is 1. The number of esters is 1. The molecule has 8 nitrogen and oxygen atoms in total. The van der Waals surface area contributed by atoms with Crippen LogP contribution in [0.25, 0.3) is 0 Å². The second-order valence-electron chi connectivity index (χ2n) is 8.15. The molecule has 0 atom stereocenters. The topological polar surface area (TPSA) is 103 Å². The van der Waals surface area contributed by atoms with Crippen LogP contribution in [0.1, 0.15) is 48.9 Å². The summed E-state index contributed by atoms with van der Waals surface area (Å²) in [6, 6.07) is 14.2. The van der Waals surface area contributed by atoms with E-state index in [1.165, 1.54) is 21.0 Å². The lowest BCUT2D eigenvalue weighted by Crippen LogP contribution is -2.26. The van der Waals surface area contributed by atoms with Crippen molar-refractivity contribution in [3.05, 3.63) is 80.4 Å². The van der Waals surface area contributed by atoms with Gasteiger partial charge in [0.15, 0.2) is 12.4 Å². The van der Waals surface area contributed by atoms with E-state index < -0.39 is 16.7 Å². The van der Waals surface area contributed by atoms with E-state index in [4.69, 9.17) is 4.74 Å². The van der Waals surface area contributed by atoms with Gasteiger partial charge in [0, 0.05) is 15.9 Å². The fourth-order valence-corrected chi connectivity index (χ4v) is 4.33. The summed E-state index contributed by atoms with van der Waals surface area (Å²) in [5.74, 6) is -1.08. The van der Waals surface area contributed by atoms with Gasteiger partial charge in [0.1, 0.15) is 4.75 Å². The first-order chi connectivity index (χ1) is 16.1. The maximum atomic E-state index is 12.8. The highest BCUT2D eigenvalue weighted by Gasteiger charge is 2.28. The smallest absolute Gasteiger partial charge is 0.346 e. The first-order valence-electron chi connectivity index (χ1n) is 10.7. The molecule has 0 spiro atoms. The van der Waals surface area contributed by atoms with Crippen LogP contribution in [0.5, 0.6) is 0 Å². The molecule has 0 amide bonds. The molecule has 10 heteroatoms. The van der Waals surface area contributed by atoms with Gasteiger partial charge in [0.05, 0.1) is 12.1 Å². The van der Waals surface area contributed by atoms with Crippen molar-refractivity contribution in [2.24, 2.45) is 0 Å². The van der Waals surface area contributed by atoms with Crippen molar-refractivity contribution in [1.29, 1.82) is 0 Å². The summed E-state index contributed by atoms with van der Waals surface area (Å²) in [4.78, 5) is 37.4. The molecule has 0 aliphatic heterocycles. The number of halogens is 1. The van der Waals surface area contributed by atoms with Crippen LogP contribution in [0.15, 0.2) is 62.7 Å². The zero-order chi connectivity index (χ0) is 24.9. The lowest BCUT2D eigenvalue weighted by atomic mass is 10.2. The van der Waals surface area contributed by atoms with Crippen LogP contribution >= 0.6 is 27.7 Å². The van der Waals surface area contributed by atoms with Crippen molar-refractivity contribution >= 4 is 39.6 Å². The van der Waals surface area contributed by atoms with Crippen molar-refractivity contribution in [2.75, 3.05) is 0 Å². The number of carbonyl (C=O) groups is 2. The van der Waals surface area contributed by atoms with Gasteiger partial charge in [-0.3, -0.25) is 9.36 Å². The molecule has 0 aliphatic rings. The molecule has 0 radical (unpaired) electrons. The summed E-state index contributed by atoms with van der Waals surface area (Å²) in [7, 11) is 0. The SMILES string of the molecule is CCCn1c(COC(=O)c2ccc(SC(C)(C)C(=O)O)cc2)nn(Cc2ccc(Br)cc2)c1=O. The Morgan fingerprint density at radius 1 is 1.12 bits per heavy atom. The minimum absolute atomic E-state index is 0.135. The molecule has 0 fully saturated rings. The first kappa shape index (κ1) is 25.8. The van der Waals surface area contributed by atoms with Crippen molar-refractivity contribution < 1.29 is 19.4 Å². The van der Waals surface area contributed by atoms with Gasteiger partial charge < -0.3 is 9.84 Å². The van der Waals surface area contributed by atoms with Crippen molar-refractivity contribution in [3.8, 4) is 0 Å². The molecule has 1 N–H and O–H groups in total. The molecular weight excluding hydrogens is 522 g/mol. The Hall–Kier alpha value is -2.85. The van der Waals surface area contributed by atoms with Gasteiger partial charge in [-0.2, -0.15) is 5.10 Å². The average molecular weight is 548 g/mol. The standard InChI is InChI=1S/C24H26BrN3O5S/c1-4-13-27-20(26-28(23(27)32)14-16-5-9-18(25)10-6-16)15-33-21(29)17-7-11-19(12-8-17)34-24(2,3)22(30)31/h5-12H,4,13-15H2,1-3H3,(H,30,31). The molecule has 180 valence electrons. The highest BCUT2D eigenvalue weighted by atomic mass is 79.9. The number of hydrogen-bond acceptors (Lipinski definition) is 6. The summed E-state index contributed by atoms with van der Waals surface area (Å²) in [6.07, 6.45) is 0.733. The Morgan fingerprint density at radius 3 is 2.35 bits per heavy atom. The average Bonchev–Trinajstić information content (AvgIpc) is 3.08. The second-order valence-corrected chi connectivity index (χ2v) is 10.8. The van der Waals surface area contributed by atoms with Crippen LogP contribution in [-0.4, -0.2) is 36.1 Å². The zero-order valence-corrected chi connectivity index (χ0v) is 21.6. The highest BCUT2D eigenvalue weighted by molar-refractivity contribution is 9.10. The molecule has 3 rings (SSSR count). The normalized spacial score (nSPS) is 11.4. The zero-order valence-electron chi connectivity index (χ0n) is 19.2. The number of benzene rings is 2. The van der Waals surface area contributed by atoms with E-state index >= 15 is 0 Å². The summed E-state index contributed by atoms with van der Waals surface area (Å²) >= 11 is 4.59. The third kappa shape index (κ3) is 6.38. The summed E-state index contributed by atoms with van der Waals surface area (Å²) < 4.78 is 8.30. The molecule has 2 aromatic carbocycles. The van der Waals surface area contributed by atoms with Crippen molar-refractivity contribution in [3.63, 3.8) is 0 Å². The van der Waals surface area contributed by atoms with Crippen LogP contribution in [0, 0.1) is 0 Å². The Morgan fingerprint density at radius 2 is 1.76 bits per heavy atom. The van der Waals surface area contributed by atoms with E-state index in [0.29, 0.717) is 24.5 Å². The second kappa shape index (κ2) is 11.1. The quantitative estimate of drug-likeness (QED) is 0.292. The number of aromatic nitrogens is 3. The third-order valence-corrected chi connectivity index (χ3v) is 6.72. The molecule has 1 heterocycles. The van der Waals surface area contributed by atoms with Gasteiger partial charge in [0.25, 0.3) is 0 Å². The molecule has 34 heavy (non-hydrogen) atoms. The van der Waals surface area contributed by atoms with Crippen molar-refractivity contribution in [2.45, 2.75) is 56.5 Å². The number of carboxylic acid groups (broad SMARTS) is 1. The number of carboxylic acids is 1. The summed E-state index contributed by atoms with van der Waals surface area (Å²) in [5.41, 5.74) is 1.01. The molecule has 0 saturated heterocycles. The molecule has 0 saturated carbocycles. The molecule has 0 aliphatic carbocycles. The van der Waals surface area contributed by atoms with Gasteiger partial charge in [0.2, 0.25) is 0 Å². The molecule has 0 unspecified atom stereocenters. The van der Waals surface area contributed by atoms with Crippen LogP contribution in [0.3, 0.4) is 0 Å². The predicted octanol–water partition coefficient (Wildman–Crippen LogP) is 4.58. The van der Waals surface area contributed by atoms with Gasteiger partial charge in [-0.1, -0.05) is 35.0 Å². The maximum Gasteiger partial charge on any atom is 0.346 e. The maximum absolute atomic E-state index is 12.8. The van der Waals surface area contributed by atoms with E-state index in [2.05, 4.69) is 21.0 Å². The van der Waals surface area contributed by atoms with Gasteiger partial charge in [-0.15, -0.1) is 11.8 Å². The number of rotatable bonds is 10. The third-order valence-electron chi connectivity index (χ3n) is 5.00.